The van der Waals surface area contributed by atoms with Gasteiger partial charge in [0.25, 0.3) is 0 Å². The number of hydrogen-bond acceptors (Lipinski definition) is 3. The largest absolute Gasteiger partial charge is 0.309 e. The van der Waals surface area contributed by atoms with Crippen LogP contribution in [0.4, 0.5) is 11.5 Å². The Bertz CT molecular complexity index is 850. The van der Waals surface area contributed by atoms with Crippen molar-refractivity contribution < 1.29 is 9.59 Å². The third kappa shape index (κ3) is 3.69. The predicted molar refractivity (Wildman–Crippen MR) is 106 cm³/mol. The average molecular weight is 384 g/mol. The van der Waals surface area contributed by atoms with Crippen LogP contribution >= 0.6 is 11.6 Å². The van der Waals surface area contributed by atoms with E-state index in [2.05, 4.69) is 10.3 Å². The van der Waals surface area contributed by atoms with Crippen LogP contribution in [-0.4, -0.2) is 22.8 Å². The highest BCUT2D eigenvalue weighted by molar-refractivity contribution is 6.32. The number of halogens is 1. The zero-order valence-electron chi connectivity index (χ0n) is 15.0. The van der Waals surface area contributed by atoms with Gasteiger partial charge in [-0.3, -0.25) is 14.5 Å². The Kier molecular flexibility index (Phi) is 5.12. The van der Waals surface area contributed by atoms with Gasteiger partial charge in [-0.2, -0.15) is 0 Å². The standard InChI is InChI=1S/C21H22ClN3O2/c22-16-8-5-9-17-15(16)13-20(26)25(17)18(12-14-6-1-2-7-14)21(27)24-19-10-3-4-11-23-19/h3-5,8-11,14,18H,1-2,6-7,12-13H2,(H,23,24,27). The van der Waals surface area contributed by atoms with Gasteiger partial charge in [-0.1, -0.05) is 49.4 Å². The van der Waals surface area contributed by atoms with Gasteiger partial charge in [-0.05, 0) is 36.6 Å². The highest BCUT2D eigenvalue weighted by atomic mass is 35.5. The first-order valence-electron chi connectivity index (χ1n) is 9.45. The third-order valence-corrected chi connectivity index (χ3v) is 5.87. The van der Waals surface area contributed by atoms with Crippen LogP contribution in [0, 0.1) is 5.92 Å². The lowest BCUT2D eigenvalue weighted by atomic mass is 9.96. The molecule has 0 spiro atoms. The minimum Gasteiger partial charge on any atom is -0.309 e. The summed E-state index contributed by atoms with van der Waals surface area (Å²) in [6.45, 7) is 0. The maximum Gasteiger partial charge on any atom is 0.248 e. The van der Waals surface area contributed by atoms with Crippen molar-refractivity contribution in [1.29, 1.82) is 0 Å². The molecule has 2 heterocycles. The van der Waals surface area contributed by atoms with Crippen LogP contribution < -0.4 is 10.2 Å². The smallest absolute Gasteiger partial charge is 0.248 e. The number of anilines is 2. The number of carbonyl (C=O) groups excluding carboxylic acids is 2. The normalized spacial score (nSPS) is 17.8. The Hall–Kier alpha value is -2.40. The number of nitrogens with zero attached hydrogens (tertiary/aromatic N) is 2. The van der Waals surface area contributed by atoms with Crippen LogP contribution in [-0.2, 0) is 16.0 Å². The number of rotatable bonds is 5. The Morgan fingerprint density at radius 1 is 1.22 bits per heavy atom. The lowest BCUT2D eigenvalue weighted by Crippen LogP contribution is -2.47. The zero-order valence-corrected chi connectivity index (χ0v) is 15.8. The molecule has 1 unspecified atom stereocenters. The maximum atomic E-state index is 13.1. The Balaban J connectivity index is 1.64. The number of nitrogens with one attached hydrogen (secondary N) is 1. The number of hydrogen-bond donors (Lipinski definition) is 1. The molecule has 0 bridgehead atoms. The second-order valence-corrected chi connectivity index (χ2v) is 7.69. The lowest BCUT2D eigenvalue weighted by Gasteiger charge is -2.29. The van der Waals surface area contributed by atoms with Crippen molar-refractivity contribution in [3.8, 4) is 0 Å². The van der Waals surface area contributed by atoms with E-state index in [1.807, 2.05) is 18.2 Å². The number of fused-ring (bicyclic) bond motifs is 1. The molecule has 2 aromatic rings. The SMILES string of the molecule is O=C(Nc1ccccn1)C(CC1CCCC1)N1C(=O)Cc2c(Cl)cccc21. The molecule has 2 aliphatic rings. The molecule has 1 aromatic carbocycles. The van der Waals surface area contributed by atoms with E-state index in [0.717, 1.165) is 24.1 Å². The summed E-state index contributed by atoms with van der Waals surface area (Å²) in [6, 6.07) is 10.3. The van der Waals surface area contributed by atoms with Crippen molar-refractivity contribution in [1.82, 2.24) is 4.98 Å². The van der Waals surface area contributed by atoms with Crippen LogP contribution in [0.15, 0.2) is 42.6 Å². The molecule has 0 radical (unpaired) electrons. The summed E-state index contributed by atoms with van der Waals surface area (Å²) in [5.74, 6) is 0.691. The number of aromatic nitrogens is 1. The predicted octanol–water partition coefficient (Wildman–Crippen LogP) is 4.21. The number of pyridine rings is 1. The number of amides is 2. The first-order valence-corrected chi connectivity index (χ1v) is 9.82. The molecule has 6 heteroatoms. The molecule has 0 saturated heterocycles. The van der Waals surface area contributed by atoms with Crippen molar-refractivity contribution >= 4 is 34.9 Å². The summed E-state index contributed by atoms with van der Waals surface area (Å²) in [4.78, 5) is 31.8. The molecule has 27 heavy (non-hydrogen) atoms. The molecular weight excluding hydrogens is 362 g/mol. The summed E-state index contributed by atoms with van der Waals surface area (Å²) in [6.07, 6.45) is 7.14. The van der Waals surface area contributed by atoms with Gasteiger partial charge in [-0.25, -0.2) is 4.98 Å². The molecule has 1 saturated carbocycles. The van der Waals surface area contributed by atoms with Gasteiger partial charge >= 0.3 is 0 Å². The summed E-state index contributed by atoms with van der Waals surface area (Å²) >= 11 is 6.30. The molecule has 1 aliphatic carbocycles. The first kappa shape index (κ1) is 18.0. The zero-order chi connectivity index (χ0) is 18.8. The second kappa shape index (κ2) is 7.69. The number of carbonyl (C=O) groups is 2. The highest BCUT2D eigenvalue weighted by Crippen LogP contribution is 2.38. The van der Waals surface area contributed by atoms with Crippen LogP contribution in [0.1, 0.15) is 37.7 Å². The van der Waals surface area contributed by atoms with E-state index in [9.17, 15) is 9.59 Å². The van der Waals surface area contributed by atoms with Gasteiger partial charge in [0, 0.05) is 22.5 Å². The van der Waals surface area contributed by atoms with E-state index in [1.54, 1.807) is 29.3 Å². The Labute approximate surface area is 163 Å². The topological polar surface area (TPSA) is 62.3 Å². The fourth-order valence-corrected chi connectivity index (χ4v) is 4.43. The molecule has 4 rings (SSSR count). The fourth-order valence-electron chi connectivity index (χ4n) is 4.20. The summed E-state index contributed by atoms with van der Waals surface area (Å²) in [7, 11) is 0. The van der Waals surface area contributed by atoms with Gasteiger partial charge < -0.3 is 5.32 Å². The third-order valence-electron chi connectivity index (χ3n) is 5.51. The summed E-state index contributed by atoms with van der Waals surface area (Å²) in [5.41, 5.74) is 1.57. The molecule has 1 N–H and O–H groups in total. The van der Waals surface area contributed by atoms with Gasteiger partial charge in [0.05, 0.1) is 6.42 Å². The lowest BCUT2D eigenvalue weighted by molar-refractivity contribution is -0.123. The quantitative estimate of drug-likeness (QED) is 0.841. The van der Waals surface area contributed by atoms with Crippen molar-refractivity contribution in [2.24, 2.45) is 5.92 Å². The van der Waals surface area contributed by atoms with E-state index in [0.29, 0.717) is 23.2 Å². The van der Waals surface area contributed by atoms with Crippen molar-refractivity contribution in [2.45, 2.75) is 44.6 Å². The van der Waals surface area contributed by atoms with E-state index in [-0.39, 0.29) is 18.2 Å². The molecule has 1 fully saturated rings. The molecule has 5 nitrogen and oxygen atoms in total. The molecule has 1 aliphatic heterocycles. The molecular formula is C21H22ClN3O2. The molecule has 2 amide bonds. The van der Waals surface area contributed by atoms with Gasteiger partial charge in [0.1, 0.15) is 11.9 Å². The maximum absolute atomic E-state index is 13.1. The second-order valence-electron chi connectivity index (χ2n) is 7.28. The van der Waals surface area contributed by atoms with Gasteiger partial charge in [0.15, 0.2) is 0 Å². The summed E-state index contributed by atoms with van der Waals surface area (Å²) in [5, 5.41) is 3.46. The number of benzene rings is 1. The average Bonchev–Trinajstić information content (AvgIpc) is 3.29. The first-order chi connectivity index (χ1) is 13.1. The van der Waals surface area contributed by atoms with Crippen LogP contribution in [0.3, 0.4) is 0 Å². The van der Waals surface area contributed by atoms with Crippen molar-refractivity contribution in [3.63, 3.8) is 0 Å². The monoisotopic (exact) mass is 383 g/mol. The minimum absolute atomic E-state index is 0.0720. The fraction of sp³-hybridized carbons (Fsp3) is 0.381. The van der Waals surface area contributed by atoms with Crippen molar-refractivity contribution in [2.75, 3.05) is 10.2 Å². The highest BCUT2D eigenvalue weighted by Gasteiger charge is 2.39. The van der Waals surface area contributed by atoms with E-state index in [4.69, 9.17) is 11.6 Å². The minimum atomic E-state index is -0.553. The molecule has 140 valence electrons. The van der Waals surface area contributed by atoms with E-state index < -0.39 is 6.04 Å². The Morgan fingerprint density at radius 2 is 2.04 bits per heavy atom. The van der Waals surface area contributed by atoms with E-state index in [1.165, 1.54) is 12.8 Å². The van der Waals surface area contributed by atoms with E-state index >= 15 is 0 Å². The van der Waals surface area contributed by atoms with Crippen molar-refractivity contribution in [3.05, 3.63) is 53.2 Å². The Morgan fingerprint density at radius 3 is 2.78 bits per heavy atom. The van der Waals surface area contributed by atoms with Gasteiger partial charge in [0.2, 0.25) is 11.8 Å². The van der Waals surface area contributed by atoms with Crippen LogP contribution in [0.5, 0.6) is 0 Å². The van der Waals surface area contributed by atoms with Gasteiger partial charge in [-0.15, -0.1) is 0 Å². The summed E-state index contributed by atoms with van der Waals surface area (Å²) < 4.78 is 0. The van der Waals surface area contributed by atoms with Crippen LogP contribution in [0.25, 0.3) is 0 Å². The molecule has 1 aromatic heterocycles. The van der Waals surface area contributed by atoms with Crippen LogP contribution in [0.2, 0.25) is 5.02 Å². The molecule has 1 atom stereocenters.